The molecule has 0 saturated heterocycles. The highest BCUT2D eigenvalue weighted by Gasteiger charge is 2.20. The van der Waals surface area contributed by atoms with Gasteiger partial charge in [0.15, 0.2) is 0 Å². The van der Waals surface area contributed by atoms with Crippen molar-refractivity contribution in [3.05, 3.63) is 188 Å². The van der Waals surface area contributed by atoms with Crippen molar-refractivity contribution >= 4 is 70.6 Å². The molecule has 0 fully saturated rings. The van der Waals surface area contributed by atoms with Gasteiger partial charge in [-0.05, 0) is 105 Å². The zero-order valence-corrected chi connectivity index (χ0v) is 29.7. The van der Waals surface area contributed by atoms with Crippen molar-refractivity contribution in [3.63, 3.8) is 0 Å². The van der Waals surface area contributed by atoms with Gasteiger partial charge in [-0.15, -0.1) is 0 Å². The molecule has 2 heteroatoms. The van der Waals surface area contributed by atoms with Gasteiger partial charge in [-0.2, -0.15) is 0 Å². The maximum atomic E-state index is 6.97. The average Bonchev–Trinajstić information content (AvgIpc) is 3.57. The second kappa shape index (κ2) is 12.4. The summed E-state index contributed by atoms with van der Waals surface area (Å²) >= 11 is 0. The summed E-state index contributed by atoms with van der Waals surface area (Å²) in [6, 6.07) is 61.7. The number of hydrogen-bond donors (Lipinski definition) is 0. The number of aromatic nitrogens is 1. The van der Waals surface area contributed by atoms with Crippen LogP contribution >= 0.6 is 0 Å². The highest BCUT2D eigenvalue weighted by Crippen LogP contribution is 2.47. The molecule has 0 unspecified atom stereocenters. The first-order valence-corrected chi connectivity index (χ1v) is 18.8. The van der Waals surface area contributed by atoms with Gasteiger partial charge in [-0.3, -0.25) is 0 Å². The van der Waals surface area contributed by atoms with Crippen LogP contribution in [0.1, 0.15) is 12.8 Å². The second-order valence-corrected chi connectivity index (χ2v) is 14.4. The summed E-state index contributed by atoms with van der Waals surface area (Å²) in [6.45, 7) is 0. The third-order valence-electron chi connectivity index (χ3n) is 11.3. The highest BCUT2D eigenvalue weighted by molar-refractivity contribution is 6.19. The van der Waals surface area contributed by atoms with Crippen LogP contribution in [-0.2, 0) is 0 Å². The molecule has 254 valence electrons. The lowest BCUT2D eigenvalue weighted by Gasteiger charge is -2.18. The van der Waals surface area contributed by atoms with Crippen molar-refractivity contribution in [1.29, 1.82) is 0 Å². The molecule has 10 aromatic rings. The van der Waals surface area contributed by atoms with E-state index in [1.807, 2.05) is 0 Å². The summed E-state index contributed by atoms with van der Waals surface area (Å²) in [7, 11) is 0. The topological polar surface area (TPSA) is 14.2 Å². The summed E-state index contributed by atoms with van der Waals surface area (Å²) in [5, 5.41) is 11.8. The Kier molecular flexibility index (Phi) is 7.03. The summed E-state index contributed by atoms with van der Waals surface area (Å²) in [6.07, 6.45) is 8.80. The van der Waals surface area contributed by atoms with Crippen molar-refractivity contribution in [2.24, 2.45) is 0 Å². The molecule has 11 rings (SSSR count). The number of hydrogen-bond acceptors (Lipinski definition) is 1. The lowest BCUT2D eigenvalue weighted by atomic mass is 9.90. The quantitative estimate of drug-likeness (QED) is 0.164. The molecular weight excluding hydrogens is 655 g/mol. The van der Waals surface area contributed by atoms with E-state index in [0.29, 0.717) is 0 Å². The standard InChI is InChI=1S/C52H35NO/c1-2-17-40(18-3-1)53-48-29-27-38(37-26-25-34-13-4-5-15-36(34)31-37)32-46(48)47-33-39(28-30-49(47)53)51-42-20-8-10-22-44(42)52(45-23-11-9-21-43(45)51)54-50-24-12-16-35-14-6-7-19-41(35)50/h1-2,4-17,19-33H,3,18H2. The number of rotatable bonds is 5. The summed E-state index contributed by atoms with van der Waals surface area (Å²) < 4.78 is 9.46. The fraction of sp³-hybridized carbons (Fsp3) is 0.0385. The van der Waals surface area contributed by atoms with Gasteiger partial charge in [0.05, 0.1) is 11.0 Å². The van der Waals surface area contributed by atoms with E-state index in [9.17, 15) is 0 Å². The molecule has 54 heavy (non-hydrogen) atoms. The van der Waals surface area contributed by atoms with Crippen molar-refractivity contribution < 1.29 is 4.74 Å². The number of fused-ring (bicyclic) bond motifs is 7. The summed E-state index contributed by atoms with van der Waals surface area (Å²) in [5.74, 6) is 1.75. The molecule has 0 aliphatic heterocycles. The molecule has 1 aliphatic rings. The zero-order valence-electron chi connectivity index (χ0n) is 29.7. The largest absolute Gasteiger partial charge is 0.455 e. The summed E-state index contributed by atoms with van der Waals surface area (Å²) in [5.41, 5.74) is 8.66. The van der Waals surface area contributed by atoms with Gasteiger partial charge in [0.25, 0.3) is 0 Å². The highest BCUT2D eigenvalue weighted by atomic mass is 16.5. The number of nitrogens with zero attached hydrogens (tertiary/aromatic N) is 1. The van der Waals surface area contributed by atoms with Crippen LogP contribution in [0.5, 0.6) is 11.5 Å². The number of ether oxygens (including phenoxy) is 1. The van der Waals surface area contributed by atoms with E-state index in [1.54, 1.807) is 0 Å². The molecule has 0 atom stereocenters. The molecule has 0 saturated carbocycles. The first kappa shape index (κ1) is 30.7. The van der Waals surface area contributed by atoms with Crippen molar-refractivity contribution in [3.8, 4) is 33.8 Å². The van der Waals surface area contributed by atoms with E-state index in [2.05, 4.69) is 193 Å². The van der Waals surface area contributed by atoms with Crippen molar-refractivity contribution in [1.82, 2.24) is 4.57 Å². The molecule has 0 spiro atoms. The fourth-order valence-electron chi connectivity index (χ4n) is 8.72. The molecule has 0 amide bonds. The van der Waals surface area contributed by atoms with E-state index in [4.69, 9.17) is 4.74 Å². The predicted molar refractivity (Wildman–Crippen MR) is 230 cm³/mol. The molecule has 2 nitrogen and oxygen atoms in total. The van der Waals surface area contributed by atoms with Crippen molar-refractivity contribution in [2.75, 3.05) is 0 Å². The van der Waals surface area contributed by atoms with Gasteiger partial charge in [-0.1, -0.05) is 146 Å². The molecule has 9 aromatic carbocycles. The molecule has 0 bridgehead atoms. The maximum Gasteiger partial charge on any atom is 0.143 e. The third-order valence-corrected chi connectivity index (χ3v) is 11.3. The van der Waals surface area contributed by atoms with Gasteiger partial charge in [0, 0.05) is 32.6 Å². The fourth-order valence-corrected chi connectivity index (χ4v) is 8.72. The van der Waals surface area contributed by atoms with Gasteiger partial charge in [-0.25, -0.2) is 0 Å². The van der Waals surface area contributed by atoms with Crippen LogP contribution < -0.4 is 4.74 Å². The van der Waals surface area contributed by atoms with Crippen LogP contribution in [0.15, 0.2) is 188 Å². The van der Waals surface area contributed by atoms with Crippen molar-refractivity contribution in [2.45, 2.75) is 12.8 Å². The first-order chi connectivity index (χ1) is 26.8. The van der Waals surface area contributed by atoms with Crippen LogP contribution in [0.4, 0.5) is 0 Å². The Hall–Kier alpha value is -6.90. The monoisotopic (exact) mass is 689 g/mol. The smallest absolute Gasteiger partial charge is 0.143 e. The predicted octanol–water partition coefficient (Wildman–Crippen LogP) is 14.7. The van der Waals surface area contributed by atoms with E-state index in [1.165, 1.54) is 71.3 Å². The lowest BCUT2D eigenvalue weighted by Crippen LogP contribution is -1.98. The second-order valence-electron chi connectivity index (χ2n) is 14.4. The van der Waals surface area contributed by atoms with Crippen LogP contribution in [0.25, 0.3) is 92.8 Å². The van der Waals surface area contributed by atoms with Crippen LogP contribution in [-0.4, -0.2) is 4.57 Å². The molecule has 1 aromatic heterocycles. The van der Waals surface area contributed by atoms with Gasteiger partial charge in [0.1, 0.15) is 11.5 Å². The Morgan fingerprint density at radius 2 is 1.00 bits per heavy atom. The lowest BCUT2D eigenvalue weighted by molar-refractivity contribution is 0.499. The van der Waals surface area contributed by atoms with Crippen LogP contribution in [0.2, 0.25) is 0 Å². The Labute approximate surface area is 313 Å². The van der Waals surface area contributed by atoms with E-state index in [0.717, 1.165) is 45.9 Å². The minimum absolute atomic E-state index is 0.861. The number of allylic oxidation sites excluding steroid dienone is 4. The molecular formula is C52H35NO. The van der Waals surface area contributed by atoms with E-state index in [-0.39, 0.29) is 0 Å². The Morgan fingerprint density at radius 1 is 0.426 bits per heavy atom. The molecule has 1 heterocycles. The van der Waals surface area contributed by atoms with Gasteiger partial charge >= 0.3 is 0 Å². The SMILES string of the molecule is C1=CCCC(n2c3ccc(-c4ccc5ccccc5c4)cc3c3cc(-c4c5ccccc5c(Oc5cccc6ccccc56)c5ccccc45)ccc32)=C1. The van der Waals surface area contributed by atoms with Crippen LogP contribution in [0, 0.1) is 0 Å². The summed E-state index contributed by atoms with van der Waals surface area (Å²) in [4.78, 5) is 0. The Balaban J connectivity index is 1.15. The minimum Gasteiger partial charge on any atom is -0.455 e. The number of benzene rings is 9. The molecule has 0 radical (unpaired) electrons. The van der Waals surface area contributed by atoms with Gasteiger partial charge < -0.3 is 9.30 Å². The van der Waals surface area contributed by atoms with Gasteiger partial charge in [0.2, 0.25) is 0 Å². The van der Waals surface area contributed by atoms with Crippen LogP contribution in [0.3, 0.4) is 0 Å². The molecule has 0 N–H and O–H groups in total. The Bertz CT molecular complexity index is 3130. The molecule has 1 aliphatic carbocycles. The van der Waals surface area contributed by atoms with E-state index < -0.39 is 0 Å². The Morgan fingerprint density at radius 3 is 1.72 bits per heavy atom. The normalized spacial score (nSPS) is 13.1. The third kappa shape index (κ3) is 4.88. The zero-order chi connectivity index (χ0) is 35.6. The maximum absolute atomic E-state index is 6.97. The van der Waals surface area contributed by atoms with E-state index >= 15 is 0 Å². The minimum atomic E-state index is 0.861. The average molecular weight is 690 g/mol. The first-order valence-electron chi connectivity index (χ1n) is 18.8.